The second-order valence-electron chi connectivity index (χ2n) is 7.57. The van der Waals surface area contributed by atoms with Gasteiger partial charge < -0.3 is 15.0 Å². The molecule has 0 aromatic heterocycles. The first-order valence-electron chi connectivity index (χ1n) is 10.1. The predicted octanol–water partition coefficient (Wildman–Crippen LogP) is 4.44. The highest BCUT2D eigenvalue weighted by atomic mass is 16.5. The number of hydrogen-bond acceptors (Lipinski definition) is 3. The molecule has 2 aromatic rings. The molecule has 2 aliphatic rings. The maximum atomic E-state index is 13.1. The van der Waals surface area contributed by atoms with Gasteiger partial charge in [-0.05, 0) is 48.6 Å². The molecule has 0 bridgehead atoms. The molecule has 2 fully saturated rings. The summed E-state index contributed by atoms with van der Waals surface area (Å²) in [7, 11) is 0. The van der Waals surface area contributed by atoms with Crippen LogP contribution < -0.4 is 10.2 Å². The number of nitrogens with zero attached hydrogens (tertiary/aromatic N) is 1. The number of ether oxygens (including phenoxy) is 1. The van der Waals surface area contributed by atoms with Crippen molar-refractivity contribution in [2.75, 3.05) is 36.5 Å². The van der Waals surface area contributed by atoms with Gasteiger partial charge in [0, 0.05) is 24.5 Å². The molecule has 27 heavy (non-hydrogen) atoms. The highest BCUT2D eigenvalue weighted by Gasteiger charge is 2.31. The summed E-state index contributed by atoms with van der Waals surface area (Å²) in [6.07, 6.45) is 4.75. The smallest absolute Gasteiger partial charge is 0.232 e. The van der Waals surface area contributed by atoms with Crippen molar-refractivity contribution >= 4 is 17.3 Å². The number of morpholine rings is 1. The Morgan fingerprint density at radius 1 is 0.963 bits per heavy atom. The van der Waals surface area contributed by atoms with E-state index in [1.165, 1.54) is 18.5 Å². The van der Waals surface area contributed by atoms with Gasteiger partial charge >= 0.3 is 0 Å². The molecule has 1 saturated carbocycles. The summed E-state index contributed by atoms with van der Waals surface area (Å²) in [6, 6.07) is 18.5. The van der Waals surface area contributed by atoms with Gasteiger partial charge in [0.05, 0.1) is 19.1 Å². The molecule has 4 heteroatoms. The number of carbonyl (C=O) groups excluding carboxylic acids is 1. The highest BCUT2D eigenvalue weighted by Crippen LogP contribution is 2.38. The van der Waals surface area contributed by atoms with E-state index in [9.17, 15) is 4.79 Å². The molecule has 142 valence electrons. The molecule has 1 heterocycles. The Morgan fingerprint density at radius 3 is 2.30 bits per heavy atom. The lowest BCUT2D eigenvalue weighted by molar-refractivity contribution is -0.118. The first-order valence-corrected chi connectivity index (χ1v) is 10.1. The number of rotatable bonds is 5. The van der Waals surface area contributed by atoms with Crippen LogP contribution in [-0.2, 0) is 9.53 Å². The Balaban J connectivity index is 1.47. The van der Waals surface area contributed by atoms with Gasteiger partial charge in [-0.3, -0.25) is 4.79 Å². The summed E-state index contributed by atoms with van der Waals surface area (Å²) in [5.74, 6) is 0.500. The summed E-state index contributed by atoms with van der Waals surface area (Å²) in [4.78, 5) is 15.5. The van der Waals surface area contributed by atoms with Crippen LogP contribution in [0.5, 0.6) is 0 Å². The van der Waals surface area contributed by atoms with E-state index in [4.69, 9.17) is 4.74 Å². The van der Waals surface area contributed by atoms with Crippen LogP contribution in [0.1, 0.15) is 37.2 Å². The van der Waals surface area contributed by atoms with E-state index in [2.05, 4.69) is 34.5 Å². The van der Waals surface area contributed by atoms with Crippen LogP contribution in [0.4, 0.5) is 11.4 Å². The molecule has 0 radical (unpaired) electrons. The van der Waals surface area contributed by atoms with Gasteiger partial charge in [0.25, 0.3) is 0 Å². The topological polar surface area (TPSA) is 41.6 Å². The second kappa shape index (κ2) is 8.57. The lowest BCUT2D eigenvalue weighted by Crippen LogP contribution is -2.36. The van der Waals surface area contributed by atoms with Crippen molar-refractivity contribution in [3.8, 4) is 0 Å². The van der Waals surface area contributed by atoms with Crippen molar-refractivity contribution in [3.63, 3.8) is 0 Å². The van der Waals surface area contributed by atoms with Gasteiger partial charge in [0.1, 0.15) is 0 Å². The van der Waals surface area contributed by atoms with E-state index in [1.54, 1.807) is 0 Å². The van der Waals surface area contributed by atoms with Gasteiger partial charge in [-0.25, -0.2) is 0 Å². The Morgan fingerprint density at radius 2 is 1.63 bits per heavy atom. The average Bonchev–Trinajstić information content (AvgIpc) is 3.24. The molecule has 1 amide bonds. The Hall–Kier alpha value is -2.33. The Bertz CT molecular complexity index is 733. The van der Waals surface area contributed by atoms with E-state index < -0.39 is 0 Å². The van der Waals surface area contributed by atoms with Crippen LogP contribution in [0.3, 0.4) is 0 Å². The lowest BCUT2D eigenvalue weighted by atomic mass is 9.84. The zero-order valence-electron chi connectivity index (χ0n) is 15.8. The molecule has 1 atom stereocenters. The SMILES string of the molecule is O=C(Nc1ccc(N2CCOCC2)cc1)[C@@H](c1ccccc1)C1CCCC1. The maximum absolute atomic E-state index is 13.1. The molecule has 1 saturated heterocycles. The molecular formula is C23H28N2O2. The number of hydrogen-bond donors (Lipinski definition) is 1. The quantitative estimate of drug-likeness (QED) is 0.853. The molecule has 1 aliphatic heterocycles. The summed E-state index contributed by atoms with van der Waals surface area (Å²) in [5, 5.41) is 3.17. The van der Waals surface area contributed by atoms with Crippen LogP contribution >= 0.6 is 0 Å². The number of nitrogens with one attached hydrogen (secondary N) is 1. The normalized spacial score (nSPS) is 19.0. The fourth-order valence-corrected chi connectivity index (χ4v) is 4.39. The van der Waals surface area contributed by atoms with Crippen LogP contribution in [-0.4, -0.2) is 32.2 Å². The minimum atomic E-state index is -0.0624. The Labute approximate surface area is 161 Å². The van der Waals surface area contributed by atoms with Crippen molar-refractivity contribution in [1.82, 2.24) is 0 Å². The van der Waals surface area contributed by atoms with Gasteiger partial charge in [0.2, 0.25) is 5.91 Å². The molecule has 0 unspecified atom stereocenters. The third kappa shape index (κ3) is 4.33. The van der Waals surface area contributed by atoms with Crippen molar-refractivity contribution in [2.45, 2.75) is 31.6 Å². The minimum Gasteiger partial charge on any atom is -0.378 e. The van der Waals surface area contributed by atoms with Crippen molar-refractivity contribution in [3.05, 3.63) is 60.2 Å². The van der Waals surface area contributed by atoms with Gasteiger partial charge in [-0.2, -0.15) is 0 Å². The number of benzene rings is 2. The van der Waals surface area contributed by atoms with E-state index in [1.807, 2.05) is 30.3 Å². The van der Waals surface area contributed by atoms with Crippen LogP contribution in [0, 0.1) is 5.92 Å². The van der Waals surface area contributed by atoms with Crippen LogP contribution in [0.25, 0.3) is 0 Å². The maximum Gasteiger partial charge on any atom is 0.232 e. The first kappa shape index (κ1) is 18.1. The summed E-state index contributed by atoms with van der Waals surface area (Å²) >= 11 is 0. The summed E-state index contributed by atoms with van der Waals surface area (Å²) in [5.41, 5.74) is 3.19. The molecule has 1 N–H and O–H groups in total. The molecule has 4 rings (SSSR count). The highest BCUT2D eigenvalue weighted by molar-refractivity contribution is 5.96. The zero-order valence-corrected chi connectivity index (χ0v) is 15.8. The predicted molar refractivity (Wildman–Crippen MR) is 109 cm³/mol. The van der Waals surface area contributed by atoms with Crippen molar-refractivity contribution in [2.24, 2.45) is 5.92 Å². The van der Waals surface area contributed by atoms with Crippen molar-refractivity contribution < 1.29 is 9.53 Å². The van der Waals surface area contributed by atoms with E-state index in [0.717, 1.165) is 50.4 Å². The third-order valence-corrected chi connectivity index (χ3v) is 5.82. The number of amides is 1. The molecular weight excluding hydrogens is 336 g/mol. The Kier molecular flexibility index (Phi) is 5.73. The summed E-state index contributed by atoms with van der Waals surface area (Å²) < 4.78 is 5.42. The monoisotopic (exact) mass is 364 g/mol. The summed E-state index contributed by atoms with van der Waals surface area (Å²) in [6.45, 7) is 3.39. The molecule has 4 nitrogen and oxygen atoms in total. The molecule has 2 aromatic carbocycles. The largest absolute Gasteiger partial charge is 0.378 e. The lowest BCUT2D eigenvalue weighted by Gasteiger charge is -2.29. The molecule has 0 spiro atoms. The molecule has 1 aliphatic carbocycles. The average molecular weight is 364 g/mol. The first-order chi connectivity index (χ1) is 13.3. The van der Waals surface area contributed by atoms with E-state index in [0.29, 0.717) is 5.92 Å². The van der Waals surface area contributed by atoms with Gasteiger partial charge in [-0.15, -0.1) is 0 Å². The standard InChI is InChI=1S/C23H28N2O2/c26-23(22(19-8-4-5-9-19)18-6-2-1-3-7-18)24-20-10-12-21(13-11-20)25-14-16-27-17-15-25/h1-3,6-7,10-13,19,22H,4-5,8-9,14-17H2,(H,24,26)/t22-/m0/s1. The fraction of sp³-hybridized carbons (Fsp3) is 0.435. The number of carbonyl (C=O) groups is 1. The van der Waals surface area contributed by atoms with Crippen LogP contribution in [0.15, 0.2) is 54.6 Å². The second-order valence-corrected chi connectivity index (χ2v) is 7.57. The van der Waals surface area contributed by atoms with E-state index >= 15 is 0 Å². The third-order valence-electron chi connectivity index (χ3n) is 5.82. The number of anilines is 2. The van der Waals surface area contributed by atoms with Crippen LogP contribution in [0.2, 0.25) is 0 Å². The van der Waals surface area contributed by atoms with Crippen molar-refractivity contribution in [1.29, 1.82) is 0 Å². The van der Waals surface area contributed by atoms with Gasteiger partial charge in [0.15, 0.2) is 0 Å². The van der Waals surface area contributed by atoms with E-state index in [-0.39, 0.29) is 11.8 Å². The van der Waals surface area contributed by atoms with Gasteiger partial charge in [-0.1, -0.05) is 43.2 Å². The zero-order chi connectivity index (χ0) is 18.5. The fourth-order valence-electron chi connectivity index (χ4n) is 4.39. The minimum absolute atomic E-state index is 0.0624.